The first-order chi connectivity index (χ1) is 13.5. The van der Waals surface area contributed by atoms with Gasteiger partial charge >= 0.3 is 0 Å². The number of hydrogen-bond donors (Lipinski definition) is 1. The molecule has 5 nitrogen and oxygen atoms in total. The van der Waals surface area contributed by atoms with Gasteiger partial charge in [0.05, 0.1) is 6.04 Å². The molecule has 1 aliphatic heterocycles. The van der Waals surface area contributed by atoms with Crippen molar-refractivity contribution in [2.45, 2.75) is 13.0 Å². The van der Waals surface area contributed by atoms with E-state index in [-0.39, 0.29) is 18.6 Å². The van der Waals surface area contributed by atoms with Gasteiger partial charge in [0.1, 0.15) is 5.75 Å². The molecule has 2 aromatic rings. The Bertz CT molecular complexity index is 777. The Hall–Kier alpha value is -2.08. The van der Waals surface area contributed by atoms with E-state index < -0.39 is 0 Å². The van der Waals surface area contributed by atoms with Gasteiger partial charge in [0.25, 0.3) is 5.91 Å². The van der Waals surface area contributed by atoms with Crippen LogP contribution in [0.3, 0.4) is 0 Å². The topological polar surface area (TPSA) is 44.8 Å². The average Bonchev–Trinajstić information content (AvgIpc) is 2.71. The van der Waals surface area contributed by atoms with E-state index in [1.54, 1.807) is 12.1 Å². The van der Waals surface area contributed by atoms with Crippen molar-refractivity contribution in [1.82, 2.24) is 15.1 Å². The number of ether oxygens (including phenoxy) is 1. The fourth-order valence-electron chi connectivity index (χ4n) is 3.30. The quantitative estimate of drug-likeness (QED) is 0.774. The lowest BCUT2D eigenvalue weighted by atomic mass is 10.1. The lowest BCUT2D eigenvalue weighted by molar-refractivity contribution is -0.124. The SMILES string of the molecule is Cc1cc(OCC(=O)NC(CN2CCN(C)CC2)c2ccccc2)ccc1Cl. The van der Waals surface area contributed by atoms with Crippen LogP contribution in [0.25, 0.3) is 0 Å². The van der Waals surface area contributed by atoms with Gasteiger partial charge in [0.2, 0.25) is 0 Å². The van der Waals surface area contributed by atoms with Crippen LogP contribution in [-0.2, 0) is 4.79 Å². The van der Waals surface area contributed by atoms with Gasteiger partial charge in [-0.05, 0) is 43.3 Å². The highest BCUT2D eigenvalue weighted by molar-refractivity contribution is 6.31. The number of carbonyl (C=O) groups is 1. The standard InChI is InChI=1S/C22H28ClN3O2/c1-17-14-19(8-9-20(17)23)28-16-22(27)24-21(18-6-4-3-5-7-18)15-26-12-10-25(2)11-13-26/h3-9,14,21H,10-13,15-16H2,1-2H3,(H,24,27). The fourth-order valence-corrected chi connectivity index (χ4v) is 3.42. The number of nitrogens with one attached hydrogen (secondary N) is 1. The van der Waals surface area contributed by atoms with Crippen LogP contribution >= 0.6 is 11.6 Å². The van der Waals surface area contributed by atoms with Crippen LogP contribution in [0, 0.1) is 6.92 Å². The monoisotopic (exact) mass is 401 g/mol. The van der Waals surface area contributed by atoms with E-state index in [1.165, 1.54) is 0 Å². The average molecular weight is 402 g/mol. The summed E-state index contributed by atoms with van der Waals surface area (Å²) in [4.78, 5) is 17.3. The fraction of sp³-hybridized carbons (Fsp3) is 0.409. The predicted octanol–water partition coefficient (Wildman–Crippen LogP) is 3.13. The summed E-state index contributed by atoms with van der Waals surface area (Å²) in [6.45, 7) is 6.81. The van der Waals surface area contributed by atoms with Crippen molar-refractivity contribution in [3.05, 3.63) is 64.7 Å². The van der Waals surface area contributed by atoms with Gasteiger partial charge in [0, 0.05) is 37.7 Å². The number of hydrogen-bond acceptors (Lipinski definition) is 4. The highest BCUT2D eigenvalue weighted by atomic mass is 35.5. The number of halogens is 1. The van der Waals surface area contributed by atoms with Crippen LogP contribution in [0.2, 0.25) is 5.02 Å². The second-order valence-corrected chi connectivity index (χ2v) is 7.74. The normalized spacial score (nSPS) is 16.5. The highest BCUT2D eigenvalue weighted by Gasteiger charge is 2.21. The summed E-state index contributed by atoms with van der Waals surface area (Å²) >= 11 is 6.04. The molecule has 150 valence electrons. The van der Waals surface area contributed by atoms with E-state index in [2.05, 4.69) is 34.3 Å². The van der Waals surface area contributed by atoms with E-state index in [1.807, 2.05) is 31.2 Å². The largest absolute Gasteiger partial charge is 0.484 e. The van der Waals surface area contributed by atoms with Gasteiger partial charge in [-0.3, -0.25) is 9.69 Å². The van der Waals surface area contributed by atoms with Gasteiger partial charge in [-0.2, -0.15) is 0 Å². The minimum atomic E-state index is -0.129. The van der Waals surface area contributed by atoms with Crippen LogP contribution in [0.15, 0.2) is 48.5 Å². The Morgan fingerprint density at radius 1 is 1.14 bits per heavy atom. The Morgan fingerprint density at radius 3 is 2.54 bits per heavy atom. The number of likely N-dealkylation sites (N-methyl/N-ethyl adjacent to an activating group) is 1. The summed E-state index contributed by atoms with van der Waals surface area (Å²) in [5.74, 6) is 0.517. The van der Waals surface area contributed by atoms with Gasteiger partial charge in [-0.25, -0.2) is 0 Å². The summed E-state index contributed by atoms with van der Waals surface area (Å²) < 4.78 is 5.65. The maximum Gasteiger partial charge on any atom is 0.258 e. The van der Waals surface area contributed by atoms with Crippen LogP contribution in [-0.4, -0.2) is 62.1 Å². The number of piperazine rings is 1. The zero-order valence-corrected chi connectivity index (χ0v) is 17.3. The van der Waals surface area contributed by atoms with E-state index in [0.29, 0.717) is 10.8 Å². The highest BCUT2D eigenvalue weighted by Crippen LogP contribution is 2.21. The molecule has 0 saturated carbocycles. The Kier molecular flexibility index (Phi) is 7.31. The van der Waals surface area contributed by atoms with Crippen molar-refractivity contribution in [3.8, 4) is 5.75 Å². The second kappa shape index (κ2) is 9.92. The molecule has 6 heteroatoms. The van der Waals surface area contributed by atoms with Crippen molar-refractivity contribution in [1.29, 1.82) is 0 Å². The van der Waals surface area contributed by atoms with Crippen molar-refractivity contribution in [2.75, 3.05) is 46.4 Å². The van der Waals surface area contributed by atoms with Gasteiger partial charge in [-0.1, -0.05) is 41.9 Å². The van der Waals surface area contributed by atoms with E-state index in [0.717, 1.165) is 43.9 Å². The molecule has 0 aromatic heterocycles. The molecule has 1 saturated heterocycles. The lowest BCUT2D eigenvalue weighted by Gasteiger charge is -2.35. The van der Waals surface area contributed by atoms with E-state index in [4.69, 9.17) is 16.3 Å². The number of aryl methyl sites for hydroxylation is 1. The molecule has 0 spiro atoms. The molecule has 0 radical (unpaired) electrons. The molecule has 2 aromatic carbocycles. The lowest BCUT2D eigenvalue weighted by Crippen LogP contribution is -2.48. The first-order valence-electron chi connectivity index (χ1n) is 9.65. The molecule has 0 aliphatic carbocycles. The molecule has 1 aliphatic rings. The molecular formula is C22H28ClN3O2. The Balaban J connectivity index is 1.60. The van der Waals surface area contributed by atoms with Gasteiger partial charge in [0.15, 0.2) is 6.61 Å². The van der Waals surface area contributed by atoms with Crippen LogP contribution in [0.5, 0.6) is 5.75 Å². The Labute approximate surface area is 172 Å². The number of rotatable bonds is 7. The molecule has 1 heterocycles. The van der Waals surface area contributed by atoms with Crippen molar-refractivity contribution in [2.24, 2.45) is 0 Å². The molecular weight excluding hydrogens is 374 g/mol. The maximum atomic E-state index is 12.6. The minimum Gasteiger partial charge on any atom is -0.484 e. The van der Waals surface area contributed by atoms with Crippen molar-refractivity contribution >= 4 is 17.5 Å². The number of carbonyl (C=O) groups excluding carboxylic acids is 1. The number of benzene rings is 2. The third-order valence-corrected chi connectivity index (χ3v) is 5.50. The summed E-state index contributed by atoms with van der Waals surface area (Å²) in [6, 6.07) is 15.5. The molecule has 1 amide bonds. The molecule has 28 heavy (non-hydrogen) atoms. The van der Waals surface area contributed by atoms with Gasteiger partial charge in [-0.15, -0.1) is 0 Å². The maximum absolute atomic E-state index is 12.6. The third-order valence-electron chi connectivity index (χ3n) is 5.07. The van der Waals surface area contributed by atoms with Crippen molar-refractivity contribution < 1.29 is 9.53 Å². The van der Waals surface area contributed by atoms with Gasteiger partial charge < -0.3 is 15.0 Å². The number of amides is 1. The smallest absolute Gasteiger partial charge is 0.258 e. The molecule has 1 N–H and O–H groups in total. The first kappa shape index (κ1) is 20.6. The van der Waals surface area contributed by atoms with Crippen LogP contribution in [0.1, 0.15) is 17.2 Å². The first-order valence-corrected chi connectivity index (χ1v) is 10.0. The zero-order chi connectivity index (χ0) is 19.9. The zero-order valence-electron chi connectivity index (χ0n) is 16.5. The summed E-state index contributed by atoms with van der Waals surface area (Å²) in [6.07, 6.45) is 0. The molecule has 1 atom stereocenters. The van der Waals surface area contributed by atoms with Crippen LogP contribution in [0.4, 0.5) is 0 Å². The Morgan fingerprint density at radius 2 is 1.86 bits per heavy atom. The summed E-state index contributed by atoms with van der Waals surface area (Å²) in [5, 5.41) is 3.83. The second-order valence-electron chi connectivity index (χ2n) is 7.33. The minimum absolute atomic E-state index is 0.0207. The molecule has 1 unspecified atom stereocenters. The number of nitrogens with zero attached hydrogens (tertiary/aromatic N) is 2. The predicted molar refractivity (Wildman–Crippen MR) is 113 cm³/mol. The third kappa shape index (κ3) is 5.96. The van der Waals surface area contributed by atoms with E-state index >= 15 is 0 Å². The molecule has 0 bridgehead atoms. The summed E-state index contributed by atoms with van der Waals surface area (Å²) in [5.41, 5.74) is 2.04. The summed E-state index contributed by atoms with van der Waals surface area (Å²) in [7, 11) is 2.14. The van der Waals surface area contributed by atoms with Crippen LogP contribution < -0.4 is 10.1 Å². The molecule has 1 fully saturated rings. The molecule has 3 rings (SSSR count). The van der Waals surface area contributed by atoms with E-state index in [9.17, 15) is 4.79 Å². The van der Waals surface area contributed by atoms with Crippen molar-refractivity contribution in [3.63, 3.8) is 0 Å².